The Morgan fingerprint density at radius 1 is 1.38 bits per heavy atom. The van der Waals surface area contributed by atoms with Crippen molar-refractivity contribution in [1.29, 1.82) is 5.26 Å². The summed E-state index contributed by atoms with van der Waals surface area (Å²) in [5.41, 5.74) is -0.928. The van der Waals surface area contributed by atoms with Gasteiger partial charge in [0.15, 0.2) is 0 Å². The fourth-order valence-corrected chi connectivity index (χ4v) is 1.43. The third-order valence-electron chi connectivity index (χ3n) is 1.31. The number of hydrogen-bond donors (Lipinski definition) is 0. The smallest absolute Gasteiger partial charge is 0.263 e. The highest BCUT2D eigenvalue weighted by atomic mass is 127. The second-order valence-corrected chi connectivity index (χ2v) is 3.24. The molecule has 1 rings (SSSR count). The maximum Gasteiger partial charge on any atom is 0.418 e. The number of pyridine rings is 1. The van der Waals surface area contributed by atoms with Gasteiger partial charge in [-0.3, -0.25) is 4.98 Å². The van der Waals surface area contributed by atoms with Crippen molar-refractivity contribution in [2.75, 3.05) is 0 Å². The van der Waals surface area contributed by atoms with Crippen molar-refractivity contribution in [3.63, 3.8) is 0 Å². The van der Waals surface area contributed by atoms with Crippen LogP contribution in [0.5, 0.6) is 0 Å². The maximum absolute atomic E-state index is 12.2. The van der Waals surface area contributed by atoms with E-state index in [-0.39, 0.29) is 9.13 Å². The first kappa shape index (κ1) is 10.2. The summed E-state index contributed by atoms with van der Waals surface area (Å²) in [7, 11) is 0. The van der Waals surface area contributed by atoms with Gasteiger partial charge in [0.2, 0.25) is 0 Å². The zero-order valence-corrected chi connectivity index (χ0v) is 8.22. The predicted octanol–water partition coefficient (Wildman–Crippen LogP) is 2.58. The predicted molar refractivity (Wildman–Crippen MR) is 46.7 cm³/mol. The molecule has 0 unspecified atom stereocenters. The molecule has 68 valence electrons. The van der Waals surface area contributed by atoms with E-state index in [1.54, 1.807) is 6.07 Å². The lowest BCUT2D eigenvalue weighted by Gasteiger charge is -2.08. The van der Waals surface area contributed by atoms with Crippen LogP contribution in [-0.2, 0) is 6.18 Å². The summed E-state index contributed by atoms with van der Waals surface area (Å²) in [5.74, 6) is 0. The van der Waals surface area contributed by atoms with E-state index in [9.17, 15) is 13.2 Å². The van der Waals surface area contributed by atoms with E-state index in [4.69, 9.17) is 5.26 Å². The minimum absolute atomic E-state index is 0.0598. The number of halogens is 4. The lowest BCUT2D eigenvalue weighted by molar-refractivity contribution is -0.138. The van der Waals surface area contributed by atoms with Crippen molar-refractivity contribution in [3.8, 4) is 6.07 Å². The topological polar surface area (TPSA) is 36.7 Å². The van der Waals surface area contributed by atoms with Crippen LogP contribution in [-0.4, -0.2) is 4.98 Å². The Labute approximate surface area is 85.5 Å². The van der Waals surface area contributed by atoms with Crippen LogP contribution in [0.4, 0.5) is 13.2 Å². The second-order valence-electron chi connectivity index (χ2n) is 2.16. The summed E-state index contributed by atoms with van der Waals surface area (Å²) in [5, 5.41) is 8.45. The number of alkyl halides is 3. The van der Waals surface area contributed by atoms with Gasteiger partial charge in [-0.25, -0.2) is 0 Å². The monoisotopic (exact) mass is 298 g/mol. The molecule has 0 atom stereocenters. The molecule has 0 bridgehead atoms. The lowest BCUT2D eigenvalue weighted by Crippen LogP contribution is -2.09. The number of aromatic nitrogens is 1. The largest absolute Gasteiger partial charge is 0.418 e. The van der Waals surface area contributed by atoms with E-state index in [0.29, 0.717) is 6.20 Å². The molecule has 0 spiro atoms. The van der Waals surface area contributed by atoms with Crippen LogP contribution in [0.2, 0.25) is 0 Å². The molecule has 0 saturated carbocycles. The van der Waals surface area contributed by atoms with E-state index < -0.39 is 11.7 Å². The average Bonchev–Trinajstić information content (AvgIpc) is 2.02. The molecule has 0 saturated heterocycles. The number of nitrogens with zero attached hydrogens (tertiary/aromatic N) is 2. The molecule has 0 N–H and O–H groups in total. The summed E-state index contributed by atoms with van der Waals surface area (Å²) < 4.78 is 36.5. The average molecular weight is 298 g/mol. The first-order valence-corrected chi connectivity index (χ1v) is 4.15. The summed E-state index contributed by atoms with van der Waals surface area (Å²) in [6.45, 7) is 0. The molecular formula is C7H2F3IN2. The molecule has 1 aromatic rings. The van der Waals surface area contributed by atoms with E-state index in [0.717, 1.165) is 6.20 Å². The molecule has 6 heteroatoms. The van der Waals surface area contributed by atoms with Crippen LogP contribution >= 0.6 is 22.6 Å². The van der Waals surface area contributed by atoms with Gasteiger partial charge in [-0.1, -0.05) is 0 Å². The number of hydrogen-bond acceptors (Lipinski definition) is 2. The Morgan fingerprint density at radius 2 is 2.00 bits per heavy atom. The van der Waals surface area contributed by atoms with Crippen LogP contribution in [0.15, 0.2) is 12.4 Å². The minimum Gasteiger partial charge on any atom is -0.263 e. The molecule has 13 heavy (non-hydrogen) atoms. The van der Waals surface area contributed by atoms with Gasteiger partial charge in [0, 0.05) is 16.0 Å². The molecule has 1 heterocycles. The molecule has 1 aromatic heterocycles. The fourth-order valence-electron chi connectivity index (χ4n) is 0.720. The summed E-state index contributed by atoms with van der Waals surface area (Å²) in [6.07, 6.45) is -2.63. The highest BCUT2D eigenvalue weighted by Gasteiger charge is 2.34. The Balaban J connectivity index is 3.34. The standard InChI is InChI=1S/C7H2F3IN2/c8-7(9,10)5-3-13-2-4(1-12)6(5)11/h2-3H. The maximum atomic E-state index is 12.2. The zero-order chi connectivity index (χ0) is 10.1. The number of nitriles is 1. The van der Waals surface area contributed by atoms with Crippen LogP contribution in [0, 0.1) is 14.9 Å². The van der Waals surface area contributed by atoms with E-state index in [2.05, 4.69) is 4.98 Å². The zero-order valence-electron chi connectivity index (χ0n) is 6.06. The molecule has 0 fully saturated rings. The van der Waals surface area contributed by atoms with Gasteiger partial charge in [-0.05, 0) is 22.6 Å². The minimum atomic E-state index is -4.45. The van der Waals surface area contributed by atoms with Gasteiger partial charge in [0.1, 0.15) is 6.07 Å². The Kier molecular flexibility index (Phi) is 2.75. The highest BCUT2D eigenvalue weighted by Crippen LogP contribution is 2.33. The molecule has 0 amide bonds. The molecule has 0 aliphatic rings. The first-order chi connectivity index (χ1) is 5.96. The molecule has 0 aliphatic carbocycles. The molecule has 2 nitrogen and oxygen atoms in total. The van der Waals surface area contributed by atoms with Crippen molar-refractivity contribution in [1.82, 2.24) is 4.98 Å². The Hall–Kier alpha value is -0.840. The van der Waals surface area contributed by atoms with Crippen molar-refractivity contribution < 1.29 is 13.2 Å². The van der Waals surface area contributed by atoms with Gasteiger partial charge in [0.25, 0.3) is 0 Å². The quantitative estimate of drug-likeness (QED) is 0.690. The first-order valence-electron chi connectivity index (χ1n) is 3.07. The van der Waals surface area contributed by atoms with Crippen LogP contribution in [0.1, 0.15) is 11.1 Å². The van der Waals surface area contributed by atoms with Gasteiger partial charge < -0.3 is 0 Å². The van der Waals surface area contributed by atoms with Gasteiger partial charge in [-0.2, -0.15) is 18.4 Å². The van der Waals surface area contributed by atoms with Crippen LogP contribution in [0.3, 0.4) is 0 Å². The van der Waals surface area contributed by atoms with E-state index >= 15 is 0 Å². The summed E-state index contributed by atoms with van der Waals surface area (Å²) in [6, 6.07) is 1.64. The van der Waals surface area contributed by atoms with Crippen molar-refractivity contribution >= 4 is 22.6 Å². The Morgan fingerprint density at radius 3 is 2.46 bits per heavy atom. The highest BCUT2D eigenvalue weighted by molar-refractivity contribution is 14.1. The molecular weight excluding hydrogens is 296 g/mol. The van der Waals surface area contributed by atoms with Crippen molar-refractivity contribution in [2.45, 2.75) is 6.18 Å². The molecule has 0 aliphatic heterocycles. The fraction of sp³-hybridized carbons (Fsp3) is 0.143. The van der Waals surface area contributed by atoms with E-state index in [1.165, 1.54) is 22.6 Å². The SMILES string of the molecule is N#Cc1cncc(C(F)(F)F)c1I. The van der Waals surface area contributed by atoms with Gasteiger partial charge >= 0.3 is 6.18 Å². The lowest BCUT2D eigenvalue weighted by atomic mass is 10.2. The number of rotatable bonds is 0. The third kappa shape index (κ3) is 2.09. The molecule has 0 aromatic carbocycles. The molecule has 0 radical (unpaired) electrons. The summed E-state index contributed by atoms with van der Waals surface area (Å²) in [4.78, 5) is 3.34. The van der Waals surface area contributed by atoms with Gasteiger partial charge in [-0.15, -0.1) is 0 Å². The van der Waals surface area contributed by atoms with E-state index in [1.807, 2.05) is 0 Å². The normalized spacial score (nSPS) is 11.0. The van der Waals surface area contributed by atoms with Crippen molar-refractivity contribution in [3.05, 3.63) is 27.1 Å². The summed E-state index contributed by atoms with van der Waals surface area (Å²) >= 11 is 1.48. The van der Waals surface area contributed by atoms with Gasteiger partial charge in [0.05, 0.1) is 11.1 Å². The second kappa shape index (κ2) is 3.49. The Bertz CT molecular complexity index is 367. The van der Waals surface area contributed by atoms with Crippen LogP contribution in [0.25, 0.3) is 0 Å². The van der Waals surface area contributed by atoms with Crippen molar-refractivity contribution in [2.24, 2.45) is 0 Å². The third-order valence-corrected chi connectivity index (χ3v) is 2.47. The van der Waals surface area contributed by atoms with Crippen LogP contribution < -0.4 is 0 Å².